The number of aliphatic carboxylic acids is 1. The number of nitrogens with two attached hydrogens (primary N) is 1. The van der Waals surface area contributed by atoms with Crippen LogP contribution in [0.5, 0.6) is 0 Å². The van der Waals surface area contributed by atoms with E-state index in [1.807, 2.05) is 67.6 Å². The van der Waals surface area contributed by atoms with Crippen LogP contribution in [0.1, 0.15) is 106 Å². The third kappa shape index (κ3) is 14.4. The van der Waals surface area contributed by atoms with Crippen molar-refractivity contribution >= 4 is 64.1 Å². The molecule has 1 aliphatic heterocycles. The third-order valence-corrected chi connectivity index (χ3v) is 13.3. The molecule has 1 aliphatic rings. The standard InChI is InChI=1S/C47H74N8O8S/c1-29(2)35(54(11)44(61)40(46(4,5)6)52-42(59)39(49-9)47(7,8)32-27-53(10)34-20-15-14-19-31(32)34)25-30(3)41(58)51-23-17-16-22-50-37(56)21-13-12-18-24-55-38(57)26-36(43(55)60)64-28-33(48)45(62)63/h14-15,19-20,25,27,29,33,35-36,39-40,49H,12-13,16-18,21-24,26,28,48H2,1-11H3,(H,50,56)(H,51,58)(H,52,59)(H,62,63)/b30-25+/t33-,35+,36?,39+,40+/m0/s1. The number of hydrogen-bond acceptors (Lipinski definition) is 10. The maximum Gasteiger partial charge on any atom is 0.321 e. The van der Waals surface area contributed by atoms with Gasteiger partial charge in [-0.05, 0) is 62.6 Å². The van der Waals surface area contributed by atoms with Gasteiger partial charge in [0.05, 0.1) is 17.3 Å². The van der Waals surface area contributed by atoms with Gasteiger partial charge in [-0.1, -0.05) is 79.2 Å². The Morgan fingerprint density at radius 1 is 0.969 bits per heavy atom. The highest BCUT2D eigenvalue weighted by molar-refractivity contribution is 8.00. The molecule has 2 heterocycles. The molecule has 5 atom stereocenters. The van der Waals surface area contributed by atoms with E-state index in [0.717, 1.165) is 28.2 Å². The number of aromatic nitrogens is 1. The predicted molar refractivity (Wildman–Crippen MR) is 252 cm³/mol. The van der Waals surface area contributed by atoms with Crippen molar-refractivity contribution in [2.75, 3.05) is 39.5 Å². The first-order valence-corrected chi connectivity index (χ1v) is 23.4. The molecule has 1 unspecified atom stereocenters. The number of likely N-dealkylation sites (tertiary alicyclic amines) is 1. The lowest BCUT2D eigenvalue weighted by atomic mass is 9.76. The summed E-state index contributed by atoms with van der Waals surface area (Å²) < 4.78 is 2.06. The minimum Gasteiger partial charge on any atom is -0.480 e. The molecule has 1 saturated heterocycles. The maximum atomic E-state index is 14.4. The van der Waals surface area contributed by atoms with E-state index >= 15 is 0 Å². The van der Waals surface area contributed by atoms with Gasteiger partial charge in [-0.25, -0.2) is 0 Å². The molecule has 6 amide bonds. The van der Waals surface area contributed by atoms with Gasteiger partial charge >= 0.3 is 5.97 Å². The largest absolute Gasteiger partial charge is 0.480 e. The number of nitrogens with zero attached hydrogens (tertiary/aromatic N) is 3. The number of likely N-dealkylation sites (N-methyl/N-ethyl adjacent to an activating group) is 2. The number of carboxylic acids is 1. The summed E-state index contributed by atoms with van der Waals surface area (Å²) in [5.74, 6) is -2.65. The van der Waals surface area contributed by atoms with Gasteiger partial charge in [0.2, 0.25) is 35.4 Å². The number of thioether (sulfide) groups is 1. The number of imide groups is 1. The average Bonchev–Trinajstić information content (AvgIpc) is 3.71. The number of nitrogens with one attached hydrogen (secondary N) is 4. The van der Waals surface area contributed by atoms with Gasteiger partial charge in [-0.3, -0.25) is 38.5 Å². The van der Waals surface area contributed by atoms with Crippen molar-refractivity contribution in [3.05, 3.63) is 47.7 Å². The molecule has 356 valence electrons. The van der Waals surface area contributed by atoms with Crippen LogP contribution in [0.3, 0.4) is 0 Å². The zero-order valence-corrected chi connectivity index (χ0v) is 40.7. The zero-order valence-electron chi connectivity index (χ0n) is 39.8. The summed E-state index contributed by atoms with van der Waals surface area (Å²) in [4.78, 5) is 92.8. The fraction of sp³-hybridized carbons (Fsp3) is 0.638. The van der Waals surface area contributed by atoms with Crippen LogP contribution >= 0.6 is 11.8 Å². The van der Waals surface area contributed by atoms with Gasteiger partial charge < -0.3 is 41.6 Å². The van der Waals surface area contributed by atoms with Crippen LogP contribution < -0.4 is 27.0 Å². The van der Waals surface area contributed by atoms with Crippen LogP contribution in [0.4, 0.5) is 0 Å². The molecule has 7 N–H and O–H groups in total. The zero-order chi connectivity index (χ0) is 48.1. The summed E-state index contributed by atoms with van der Waals surface area (Å²) in [6, 6.07) is 5.05. The van der Waals surface area contributed by atoms with Crippen LogP contribution in [0.2, 0.25) is 0 Å². The summed E-state index contributed by atoms with van der Waals surface area (Å²) >= 11 is 1.09. The number of carboxylic acid groups (broad SMARTS) is 1. The Balaban J connectivity index is 1.45. The van der Waals surface area contributed by atoms with E-state index in [1.165, 1.54) is 4.90 Å². The fourth-order valence-corrected chi connectivity index (χ4v) is 9.20. The van der Waals surface area contributed by atoms with Crippen molar-refractivity contribution in [1.82, 2.24) is 35.6 Å². The lowest BCUT2D eigenvalue weighted by Gasteiger charge is -2.39. The summed E-state index contributed by atoms with van der Waals surface area (Å²) in [6.07, 6.45) is 7.32. The molecule has 64 heavy (non-hydrogen) atoms. The first kappa shape index (κ1) is 53.6. The highest BCUT2D eigenvalue weighted by Gasteiger charge is 2.43. The third-order valence-electron chi connectivity index (χ3n) is 12.0. The van der Waals surface area contributed by atoms with Crippen molar-refractivity contribution in [3.8, 4) is 0 Å². The number of hydrogen-bond donors (Lipinski definition) is 6. The Labute approximate surface area is 383 Å². The van der Waals surface area contributed by atoms with Gasteiger partial charge in [-0.2, -0.15) is 0 Å². The molecule has 3 rings (SSSR count). The Kier molecular flexibility index (Phi) is 20.1. The van der Waals surface area contributed by atoms with Crippen LogP contribution in [-0.2, 0) is 46.0 Å². The molecule has 0 radical (unpaired) electrons. The first-order valence-electron chi connectivity index (χ1n) is 22.4. The number of rotatable bonds is 25. The van der Waals surface area contributed by atoms with E-state index in [4.69, 9.17) is 10.8 Å². The first-order chi connectivity index (χ1) is 29.9. The van der Waals surface area contributed by atoms with Crippen molar-refractivity contribution < 1.29 is 38.7 Å². The molecule has 1 fully saturated rings. The summed E-state index contributed by atoms with van der Waals surface area (Å²) in [7, 11) is 5.46. The monoisotopic (exact) mass is 911 g/mol. The molecule has 16 nitrogen and oxygen atoms in total. The highest BCUT2D eigenvalue weighted by atomic mass is 32.2. The van der Waals surface area contributed by atoms with Crippen LogP contribution in [0.25, 0.3) is 10.9 Å². The van der Waals surface area contributed by atoms with E-state index in [0.29, 0.717) is 57.2 Å². The molecule has 0 bridgehead atoms. The Hall–Kier alpha value is -4.74. The molecule has 0 saturated carbocycles. The van der Waals surface area contributed by atoms with Crippen LogP contribution in [-0.4, -0.2) is 130 Å². The Bertz CT molecular complexity index is 2010. The average molecular weight is 911 g/mol. The SMILES string of the molecule is CN[C@H](C(=O)N[C@H](C(=O)N(C)[C@H](/C=C(\C)C(=O)NCCCCNC(=O)CCCCCN1C(=O)CC(SC[C@H](N)C(=O)O)C1=O)C(C)C)C(C)(C)C)C(C)(C)c1cn(C)c2ccccc12. The van der Waals surface area contributed by atoms with E-state index in [2.05, 4.69) is 44.2 Å². The quantitative estimate of drug-likeness (QED) is 0.0477. The lowest BCUT2D eigenvalue weighted by molar-refractivity contribution is -0.141. The molecule has 17 heteroatoms. The second-order valence-corrected chi connectivity index (χ2v) is 20.2. The second-order valence-electron chi connectivity index (χ2n) is 18.9. The van der Waals surface area contributed by atoms with Gasteiger partial charge in [-0.15, -0.1) is 11.8 Å². The normalized spacial score (nSPS) is 16.7. The van der Waals surface area contributed by atoms with Gasteiger partial charge in [0, 0.05) is 80.4 Å². The van der Waals surface area contributed by atoms with Crippen LogP contribution in [0.15, 0.2) is 42.1 Å². The van der Waals surface area contributed by atoms with Crippen molar-refractivity contribution in [2.45, 2.75) is 135 Å². The number of para-hydroxylation sites is 1. The number of aryl methyl sites for hydroxylation is 1. The molecule has 0 spiro atoms. The molecular weight excluding hydrogens is 837 g/mol. The Morgan fingerprint density at radius 3 is 2.22 bits per heavy atom. The van der Waals surface area contributed by atoms with Gasteiger partial charge in [0.15, 0.2) is 0 Å². The highest BCUT2D eigenvalue weighted by Crippen LogP contribution is 2.35. The number of carbonyl (C=O) groups is 7. The molecule has 2 aromatic rings. The van der Waals surface area contributed by atoms with E-state index in [-0.39, 0.29) is 60.1 Å². The summed E-state index contributed by atoms with van der Waals surface area (Å²) in [5.41, 5.74) is 6.79. The predicted octanol–water partition coefficient (Wildman–Crippen LogP) is 3.85. The summed E-state index contributed by atoms with van der Waals surface area (Å²) in [6.45, 7) is 16.6. The van der Waals surface area contributed by atoms with Crippen molar-refractivity contribution in [1.29, 1.82) is 0 Å². The van der Waals surface area contributed by atoms with Crippen molar-refractivity contribution in [3.63, 3.8) is 0 Å². The summed E-state index contributed by atoms with van der Waals surface area (Å²) in [5, 5.41) is 21.6. The van der Waals surface area contributed by atoms with E-state index < -0.39 is 46.2 Å². The molecule has 1 aromatic heterocycles. The van der Waals surface area contributed by atoms with Gasteiger partial charge in [0.1, 0.15) is 12.1 Å². The Morgan fingerprint density at radius 2 is 1.61 bits per heavy atom. The van der Waals surface area contributed by atoms with E-state index in [9.17, 15) is 33.6 Å². The van der Waals surface area contributed by atoms with Gasteiger partial charge in [0.25, 0.3) is 0 Å². The number of benzene rings is 1. The van der Waals surface area contributed by atoms with E-state index in [1.54, 1.807) is 32.0 Å². The van der Waals surface area contributed by atoms with Crippen LogP contribution in [0, 0.1) is 11.3 Å². The lowest BCUT2D eigenvalue weighted by Crippen LogP contribution is -2.61. The minimum atomic E-state index is -1.15. The second kappa shape index (κ2) is 24.0. The maximum absolute atomic E-state index is 14.4. The number of carbonyl (C=O) groups excluding carboxylic acids is 6. The number of fused-ring (bicyclic) bond motifs is 1. The number of amides is 6. The minimum absolute atomic E-state index is 0.0319. The van der Waals surface area contributed by atoms with Crippen molar-refractivity contribution in [2.24, 2.45) is 24.1 Å². The molecular formula is C47H74N8O8S. The number of unbranched alkanes of at least 4 members (excludes halogenated alkanes) is 3. The molecule has 0 aliphatic carbocycles. The topological polar surface area (TPSA) is 225 Å². The fourth-order valence-electron chi connectivity index (χ4n) is 8.09. The smallest absolute Gasteiger partial charge is 0.321 e. The molecule has 1 aromatic carbocycles.